The van der Waals surface area contributed by atoms with Crippen LogP contribution < -0.4 is 5.32 Å². The van der Waals surface area contributed by atoms with E-state index in [1.807, 2.05) is 0 Å². The number of nitrogens with one attached hydrogen (secondary N) is 1. The highest BCUT2D eigenvalue weighted by atomic mass is 32.2. The van der Waals surface area contributed by atoms with Crippen molar-refractivity contribution in [2.75, 3.05) is 11.9 Å². The van der Waals surface area contributed by atoms with E-state index in [2.05, 4.69) is 74.2 Å². The summed E-state index contributed by atoms with van der Waals surface area (Å²) in [6, 6.07) is 8.73. The third kappa shape index (κ3) is 3.97. The van der Waals surface area contributed by atoms with Gasteiger partial charge in [-0.1, -0.05) is 44.7 Å². The Bertz CT molecular complexity index is 600. The Kier molecular flexibility index (Phi) is 4.88. The molecule has 0 amide bonds. The van der Waals surface area contributed by atoms with E-state index in [-0.39, 0.29) is 5.41 Å². The van der Waals surface area contributed by atoms with Crippen LogP contribution in [0.5, 0.6) is 0 Å². The van der Waals surface area contributed by atoms with Gasteiger partial charge in [0, 0.05) is 17.0 Å². The van der Waals surface area contributed by atoms with E-state index in [1.165, 1.54) is 10.5 Å². The van der Waals surface area contributed by atoms with Crippen LogP contribution in [-0.2, 0) is 5.41 Å². The van der Waals surface area contributed by atoms with E-state index in [0.717, 1.165) is 23.0 Å². The molecule has 2 rings (SSSR count). The van der Waals surface area contributed by atoms with E-state index < -0.39 is 0 Å². The average molecular weight is 301 g/mol. The second kappa shape index (κ2) is 6.48. The molecular formula is C17H23N3S. The predicted molar refractivity (Wildman–Crippen MR) is 90.2 cm³/mol. The Morgan fingerprint density at radius 3 is 2.33 bits per heavy atom. The van der Waals surface area contributed by atoms with Crippen molar-refractivity contribution in [3.8, 4) is 0 Å². The number of rotatable bonds is 4. The smallest absolute Gasteiger partial charge is 0.133 e. The topological polar surface area (TPSA) is 37.8 Å². The van der Waals surface area contributed by atoms with Gasteiger partial charge in [0.05, 0.1) is 0 Å². The Balaban J connectivity index is 2.20. The van der Waals surface area contributed by atoms with Gasteiger partial charge in [0.25, 0.3) is 0 Å². The first-order valence-electron chi connectivity index (χ1n) is 7.25. The van der Waals surface area contributed by atoms with Crippen molar-refractivity contribution in [2.45, 2.75) is 50.0 Å². The highest BCUT2D eigenvalue weighted by Gasteiger charge is 2.13. The van der Waals surface area contributed by atoms with Gasteiger partial charge in [0.15, 0.2) is 0 Å². The first kappa shape index (κ1) is 15.8. The second-order valence-electron chi connectivity index (χ2n) is 6.06. The quantitative estimate of drug-likeness (QED) is 0.833. The number of hydrogen-bond donors (Lipinski definition) is 1. The fraction of sp³-hybridized carbons (Fsp3) is 0.412. The van der Waals surface area contributed by atoms with Crippen LogP contribution in [-0.4, -0.2) is 16.5 Å². The molecule has 3 nitrogen and oxygen atoms in total. The van der Waals surface area contributed by atoms with Gasteiger partial charge in [0.1, 0.15) is 17.2 Å². The highest BCUT2D eigenvalue weighted by molar-refractivity contribution is 7.99. The largest absolute Gasteiger partial charge is 0.370 e. The van der Waals surface area contributed by atoms with Gasteiger partial charge in [-0.05, 0) is 37.0 Å². The first-order chi connectivity index (χ1) is 9.91. The van der Waals surface area contributed by atoms with E-state index in [4.69, 9.17) is 0 Å². The van der Waals surface area contributed by atoms with Crippen LogP contribution in [0.25, 0.3) is 0 Å². The average Bonchev–Trinajstić information content (AvgIpc) is 2.43. The van der Waals surface area contributed by atoms with Crippen molar-refractivity contribution in [3.05, 3.63) is 41.7 Å². The molecule has 0 atom stereocenters. The molecule has 0 bridgehead atoms. The number of nitrogens with zero attached hydrogens (tertiary/aromatic N) is 2. The van der Waals surface area contributed by atoms with E-state index in [0.29, 0.717) is 0 Å². The van der Waals surface area contributed by atoms with Crippen molar-refractivity contribution < 1.29 is 0 Å². The van der Waals surface area contributed by atoms with Crippen LogP contribution in [0.1, 0.15) is 38.8 Å². The van der Waals surface area contributed by atoms with Crippen LogP contribution in [0.2, 0.25) is 0 Å². The number of aromatic nitrogens is 2. The normalized spacial score (nSPS) is 11.5. The van der Waals surface area contributed by atoms with Crippen molar-refractivity contribution in [1.29, 1.82) is 0 Å². The van der Waals surface area contributed by atoms with Gasteiger partial charge in [-0.25, -0.2) is 9.97 Å². The van der Waals surface area contributed by atoms with Crippen LogP contribution in [0.4, 0.5) is 5.82 Å². The van der Waals surface area contributed by atoms with Crippen molar-refractivity contribution in [3.63, 3.8) is 0 Å². The van der Waals surface area contributed by atoms with Gasteiger partial charge in [-0.15, -0.1) is 0 Å². The molecule has 0 spiro atoms. The van der Waals surface area contributed by atoms with Gasteiger partial charge < -0.3 is 5.32 Å². The molecule has 0 fully saturated rings. The summed E-state index contributed by atoms with van der Waals surface area (Å²) in [5.41, 5.74) is 2.63. The maximum Gasteiger partial charge on any atom is 0.133 e. The maximum atomic E-state index is 4.40. The third-order valence-corrected chi connectivity index (χ3v) is 4.43. The Morgan fingerprint density at radius 1 is 1.10 bits per heavy atom. The molecule has 0 radical (unpaired) electrons. The highest BCUT2D eigenvalue weighted by Crippen LogP contribution is 2.32. The molecule has 0 unspecified atom stereocenters. The van der Waals surface area contributed by atoms with E-state index in [1.54, 1.807) is 18.1 Å². The third-order valence-electron chi connectivity index (χ3n) is 3.32. The summed E-state index contributed by atoms with van der Waals surface area (Å²) >= 11 is 1.68. The van der Waals surface area contributed by atoms with Crippen molar-refractivity contribution in [1.82, 2.24) is 9.97 Å². The molecule has 0 saturated carbocycles. The lowest BCUT2D eigenvalue weighted by molar-refractivity contribution is 0.590. The summed E-state index contributed by atoms with van der Waals surface area (Å²) in [6.07, 6.45) is 1.62. The lowest BCUT2D eigenvalue weighted by Gasteiger charge is -2.19. The fourth-order valence-electron chi connectivity index (χ4n) is 2.02. The van der Waals surface area contributed by atoms with Gasteiger partial charge in [-0.2, -0.15) is 0 Å². The minimum atomic E-state index is 0.187. The zero-order valence-corrected chi connectivity index (χ0v) is 14.2. The fourth-order valence-corrected chi connectivity index (χ4v) is 2.86. The summed E-state index contributed by atoms with van der Waals surface area (Å²) in [5, 5.41) is 4.27. The molecule has 0 aliphatic heterocycles. The molecular weight excluding hydrogens is 278 g/mol. The minimum Gasteiger partial charge on any atom is -0.370 e. The summed E-state index contributed by atoms with van der Waals surface area (Å²) in [5.74, 6) is 0.918. The molecule has 1 aromatic heterocycles. The van der Waals surface area contributed by atoms with Crippen molar-refractivity contribution >= 4 is 17.6 Å². The summed E-state index contributed by atoms with van der Waals surface area (Å²) in [4.78, 5) is 9.88. The molecule has 0 saturated heterocycles. The molecule has 112 valence electrons. The Morgan fingerprint density at radius 2 is 1.76 bits per heavy atom. The van der Waals surface area contributed by atoms with Crippen LogP contribution >= 0.6 is 11.8 Å². The van der Waals surface area contributed by atoms with Crippen LogP contribution in [0, 0.1) is 6.92 Å². The monoisotopic (exact) mass is 301 g/mol. The molecule has 21 heavy (non-hydrogen) atoms. The standard InChI is InChI=1S/C17H23N3S/c1-6-18-15-12(2)16(20-11-19-15)21-14-9-7-13(8-10-14)17(3,4)5/h7-11H,6H2,1-5H3,(H,18,19,20). The summed E-state index contributed by atoms with van der Waals surface area (Å²) in [6.45, 7) is 11.7. The molecule has 1 heterocycles. The minimum absolute atomic E-state index is 0.187. The van der Waals surface area contributed by atoms with Crippen LogP contribution in [0.3, 0.4) is 0 Å². The van der Waals surface area contributed by atoms with Crippen LogP contribution in [0.15, 0.2) is 40.5 Å². The predicted octanol–water partition coefficient (Wildman–Crippen LogP) is 4.67. The van der Waals surface area contributed by atoms with E-state index in [9.17, 15) is 0 Å². The Hall–Kier alpha value is -1.55. The second-order valence-corrected chi connectivity index (χ2v) is 7.12. The SMILES string of the molecule is CCNc1ncnc(Sc2ccc(C(C)(C)C)cc2)c1C. The first-order valence-corrected chi connectivity index (χ1v) is 8.07. The molecule has 0 aliphatic carbocycles. The number of hydrogen-bond acceptors (Lipinski definition) is 4. The number of anilines is 1. The van der Waals surface area contributed by atoms with Gasteiger partial charge in [0.2, 0.25) is 0 Å². The summed E-state index contributed by atoms with van der Waals surface area (Å²) < 4.78 is 0. The molecule has 1 aromatic carbocycles. The molecule has 2 aromatic rings. The van der Waals surface area contributed by atoms with E-state index >= 15 is 0 Å². The zero-order valence-electron chi connectivity index (χ0n) is 13.4. The van der Waals surface area contributed by atoms with Gasteiger partial charge in [-0.3, -0.25) is 0 Å². The Labute approximate surface area is 131 Å². The molecule has 0 aliphatic rings. The zero-order chi connectivity index (χ0) is 15.5. The molecule has 4 heteroatoms. The van der Waals surface area contributed by atoms with Crippen molar-refractivity contribution in [2.24, 2.45) is 0 Å². The van der Waals surface area contributed by atoms with Gasteiger partial charge >= 0.3 is 0 Å². The number of benzene rings is 1. The summed E-state index contributed by atoms with van der Waals surface area (Å²) in [7, 11) is 0. The molecule has 1 N–H and O–H groups in total. The lowest BCUT2D eigenvalue weighted by Crippen LogP contribution is -2.10. The maximum absolute atomic E-state index is 4.40. The lowest BCUT2D eigenvalue weighted by atomic mass is 9.87.